The van der Waals surface area contributed by atoms with Gasteiger partial charge in [0, 0.05) is 55.2 Å². The van der Waals surface area contributed by atoms with Crippen molar-refractivity contribution in [3.63, 3.8) is 0 Å². The van der Waals surface area contributed by atoms with E-state index in [4.69, 9.17) is 15.5 Å². The van der Waals surface area contributed by atoms with Crippen molar-refractivity contribution in [1.82, 2.24) is 19.7 Å². The van der Waals surface area contributed by atoms with E-state index in [0.29, 0.717) is 5.92 Å². The number of thioether (sulfide) groups is 1. The van der Waals surface area contributed by atoms with Crippen LogP contribution >= 0.6 is 23.1 Å². The number of anilines is 1. The van der Waals surface area contributed by atoms with E-state index in [2.05, 4.69) is 22.2 Å². The van der Waals surface area contributed by atoms with E-state index >= 15 is 0 Å². The molecule has 0 aliphatic heterocycles. The maximum Gasteiger partial charge on any atom is 0.181 e. The number of methoxy groups -OCH3 is 1. The van der Waals surface area contributed by atoms with E-state index in [1.807, 2.05) is 31.2 Å². The van der Waals surface area contributed by atoms with E-state index in [9.17, 15) is 0 Å². The van der Waals surface area contributed by atoms with Crippen LogP contribution in [0.15, 0.2) is 28.7 Å². The quantitative estimate of drug-likeness (QED) is 0.337. The van der Waals surface area contributed by atoms with Crippen LogP contribution in [-0.4, -0.2) is 39.2 Å². The van der Waals surface area contributed by atoms with E-state index in [1.165, 1.54) is 22.6 Å². The van der Waals surface area contributed by atoms with Crippen molar-refractivity contribution in [2.75, 3.05) is 25.2 Å². The summed E-state index contributed by atoms with van der Waals surface area (Å²) in [6.07, 6.45) is 7.33. The Kier molecular flexibility index (Phi) is 4.93. The summed E-state index contributed by atoms with van der Waals surface area (Å²) in [6.45, 7) is 0.775. The average molecular weight is 426 g/mol. The van der Waals surface area contributed by atoms with Crippen molar-refractivity contribution in [3.05, 3.63) is 30.1 Å². The number of aromatic nitrogens is 4. The van der Waals surface area contributed by atoms with Gasteiger partial charge in [-0.15, -0.1) is 23.1 Å². The molecule has 1 fully saturated rings. The van der Waals surface area contributed by atoms with Crippen LogP contribution in [0.3, 0.4) is 0 Å². The lowest BCUT2D eigenvalue weighted by Gasteiger charge is -2.07. The van der Waals surface area contributed by atoms with Gasteiger partial charge in [-0.3, -0.25) is 4.68 Å². The Morgan fingerprint density at radius 2 is 2.21 bits per heavy atom. The first-order valence-electron chi connectivity index (χ1n) is 9.78. The summed E-state index contributed by atoms with van der Waals surface area (Å²) in [5.41, 5.74) is 11.6. The van der Waals surface area contributed by atoms with Gasteiger partial charge in [-0.2, -0.15) is 5.10 Å². The summed E-state index contributed by atoms with van der Waals surface area (Å²) in [6, 6.07) is 4.35. The molecule has 8 heteroatoms. The molecule has 2 N–H and O–H groups in total. The number of nitrogens with two attached hydrogens (primary N) is 1. The summed E-state index contributed by atoms with van der Waals surface area (Å²) in [5, 5.41) is 6.56. The zero-order valence-corrected chi connectivity index (χ0v) is 18.1. The third-order valence-electron chi connectivity index (χ3n) is 5.21. The van der Waals surface area contributed by atoms with Gasteiger partial charge in [-0.25, -0.2) is 9.97 Å². The fraction of sp³-hybridized carbons (Fsp3) is 0.381. The van der Waals surface area contributed by atoms with Crippen LogP contribution in [0.4, 0.5) is 5.69 Å². The van der Waals surface area contributed by atoms with Crippen molar-refractivity contribution in [3.8, 4) is 11.3 Å². The summed E-state index contributed by atoms with van der Waals surface area (Å²) < 4.78 is 8.12. The van der Waals surface area contributed by atoms with E-state index in [0.717, 1.165) is 57.0 Å². The Balaban J connectivity index is 1.57. The van der Waals surface area contributed by atoms with E-state index in [-0.39, 0.29) is 0 Å². The SMILES string of the molecule is COCCCSc1sc2nc(-c3cnc4nn(C)cc4c3)cc(C3CC3)c2c1N. The van der Waals surface area contributed by atoms with Crippen LogP contribution in [0, 0.1) is 0 Å². The van der Waals surface area contributed by atoms with Gasteiger partial charge in [0.2, 0.25) is 0 Å². The molecule has 0 atom stereocenters. The molecule has 0 unspecified atom stereocenters. The minimum atomic E-state index is 0.595. The zero-order chi connectivity index (χ0) is 20.0. The number of hydrogen-bond acceptors (Lipinski definition) is 7. The first-order chi connectivity index (χ1) is 14.1. The lowest BCUT2D eigenvalue weighted by molar-refractivity contribution is 0.200. The molecule has 150 valence electrons. The molecule has 0 radical (unpaired) electrons. The third kappa shape index (κ3) is 3.60. The van der Waals surface area contributed by atoms with Gasteiger partial charge in [-0.05, 0) is 42.9 Å². The molecule has 1 aliphatic carbocycles. The number of fused-ring (bicyclic) bond motifs is 2. The number of thiophene rings is 1. The Morgan fingerprint density at radius 3 is 3.00 bits per heavy atom. The highest BCUT2D eigenvalue weighted by Crippen LogP contribution is 2.49. The molecule has 5 rings (SSSR count). The van der Waals surface area contributed by atoms with Crippen molar-refractivity contribution in [1.29, 1.82) is 0 Å². The highest BCUT2D eigenvalue weighted by molar-refractivity contribution is 8.01. The number of nitrogen functional groups attached to an aromatic ring is 1. The number of rotatable bonds is 7. The van der Waals surface area contributed by atoms with Gasteiger partial charge >= 0.3 is 0 Å². The van der Waals surface area contributed by atoms with E-state index in [1.54, 1.807) is 23.1 Å². The fourth-order valence-electron chi connectivity index (χ4n) is 3.64. The first kappa shape index (κ1) is 18.8. The smallest absolute Gasteiger partial charge is 0.181 e. The predicted molar refractivity (Wildman–Crippen MR) is 121 cm³/mol. The molecule has 4 aromatic heterocycles. The summed E-state index contributed by atoms with van der Waals surface area (Å²) >= 11 is 3.52. The number of nitrogens with zero attached hydrogens (tertiary/aromatic N) is 4. The molecule has 0 bridgehead atoms. The molecule has 0 aromatic carbocycles. The summed E-state index contributed by atoms with van der Waals surface area (Å²) in [4.78, 5) is 10.5. The molecule has 1 saturated carbocycles. The number of pyridine rings is 2. The van der Waals surface area contributed by atoms with Crippen molar-refractivity contribution in [2.24, 2.45) is 7.05 Å². The Hall–Kier alpha value is -2.16. The lowest BCUT2D eigenvalue weighted by atomic mass is 10.0. The second kappa shape index (κ2) is 7.59. The Morgan fingerprint density at radius 1 is 1.34 bits per heavy atom. The lowest BCUT2D eigenvalue weighted by Crippen LogP contribution is -1.93. The maximum absolute atomic E-state index is 6.58. The van der Waals surface area contributed by atoms with Crippen LogP contribution in [0.25, 0.3) is 32.5 Å². The minimum absolute atomic E-state index is 0.595. The molecule has 4 heterocycles. The predicted octanol–water partition coefficient (Wildman–Crippen LogP) is 4.83. The van der Waals surface area contributed by atoms with Gasteiger partial charge in [0.25, 0.3) is 0 Å². The highest BCUT2D eigenvalue weighted by atomic mass is 32.2. The molecular formula is C21H23N5OS2. The van der Waals surface area contributed by atoms with Crippen LogP contribution in [0.1, 0.15) is 30.7 Å². The first-order valence-corrected chi connectivity index (χ1v) is 11.6. The maximum atomic E-state index is 6.58. The number of aryl methyl sites for hydroxylation is 1. The number of ether oxygens (including phenoxy) is 1. The molecule has 0 spiro atoms. The Labute approximate surface area is 177 Å². The van der Waals surface area contributed by atoms with Crippen molar-refractivity contribution >= 4 is 50.0 Å². The van der Waals surface area contributed by atoms with Gasteiger partial charge in [0.15, 0.2) is 5.65 Å². The molecular weight excluding hydrogens is 402 g/mol. The standard InChI is InChI=1S/C21H23N5OS2/c1-26-11-14-8-13(10-23-19(14)25-26)16-9-15(12-4-5-12)17-18(22)21(29-20(17)24-16)28-7-3-6-27-2/h8-12H,3-7,22H2,1-2H3. The zero-order valence-electron chi connectivity index (χ0n) is 16.5. The van der Waals surface area contributed by atoms with Gasteiger partial charge in [-0.1, -0.05) is 0 Å². The third-order valence-corrected chi connectivity index (χ3v) is 7.68. The minimum Gasteiger partial charge on any atom is -0.397 e. The van der Waals surface area contributed by atoms with Crippen molar-refractivity contribution < 1.29 is 4.74 Å². The molecule has 6 nitrogen and oxygen atoms in total. The van der Waals surface area contributed by atoms with Crippen LogP contribution in [-0.2, 0) is 11.8 Å². The Bertz CT molecular complexity index is 1190. The van der Waals surface area contributed by atoms with Gasteiger partial charge < -0.3 is 10.5 Å². The second-order valence-corrected chi connectivity index (χ2v) is 9.85. The molecule has 0 amide bonds. The highest BCUT2D eigenvalue weighted by Gasteiger charge is 2.29. The van der Waals surface area contributed by atoms with E-state index < -0.39 is 0 Å². The summed E-state index contributed by atoms with van der Waals surface area (Å²) in [5.74, 6) is 1.59. The summed E-state index contributed by atoms with van der Waals surface area (Å²) in [7, 11) is 3.65. The molecule has 0 saturated heterocycles. The molecule has 1 aliphatic rings. The number of hydrogen-bond donors (Lipinski definition) is 1. The largest absolute Gasteiger partial charge is 0.397 e. The van der Waals surface area contributed by atoms with Crippen LogP contribution in [0.2, 0.25) is 0 Å². The molecule has 4 aromatic rings. The fourth-order valence-corrected chi connectivity index (χ4v) is 5.93. The normalized spacial score (nSPS) is 14.3. The van der Waals surface area contributed by atoms with Crippen LogP contribution < -0.4 is 5.73 Å². The molecule has 29 heavy (non-hydrogen) atoms. The monoisotopic (exact) mass is 425 g/mol. The van der Waals surface area contributed by atoms with Crippen LogP contribution in [0.5, 0.6) is 0 Å². The second-order valence-electron chi connectivity index (χ2n) is 7.49. The van der Waals surface area contributed by atoms with Crippen molar-refractivity contribution in [2.45, 2.75) is 29.4 Å². The van der Waals surface area contributed by atoms with Gasteiger partial charge in [0.1, 0.15) is 4.83 Å². The topological polar surface area (TPSA) is 78.9 Å². The van der Waals surface area contributed by atoms with Gasteiger partial charge in [0.05, 0.1) is 15.6 Å². The average Bonchev–Trinajstić information content (AvgIpc) is 3.42.